The number of rotatable bonds is 6. The van der Waals surface area contributed by atoms with E-state index in [0.717, 1.165) is 24.3 Å². The first-order valence-electron chi connectivity index (χ1n) is 8.58. The van der Waals surface area contributed by atoms with Gasteiger partial charge in [-0.3, -0.25) is 14.9 Å². The molecule has 3 rings (SSSR count). The number of anilines is 2. The third kappa shape index (κ3) is 3.94. The van der Waals surface area contributed by atoms with Gasteiger partial charge in [0, 0.05) is 17.8 Å². The molecule has 0 aliphatic rings. The van der Waals surface area contributed by atoms with Crippen molar-refractivity contribution in [2.75, 3.05) is 18.2 Å². The standard InChI is InChI=1S/C20H17N3O6S/c1-29-17-7-3-2-6-16(17)22-20(24)19-15(21)5-4-8-18(19)30(27,28)14-11-9-13(10-12-14)23(25)26/h2-12H,21H2,1H3,(H,22,24). The molecule has 0 radical (unpaired) electrons. The molecule has 0 aliphatic carbocycles. The molecule has 30 heavy (non-hydrogen) atoms. The van der Waals surface area contributed by atoms with Crippen molar-refractivity contribution in [3.63, 3.8) is 0 Å². The van der Waals surface area contributed by atoms with Crippen LogP contribution in [0.3, 0.4) is 0 Å². The quantitative estimate of drug-likeness (QED) is 0.349. The van der Waals surface area contributed by atoms with Gasteiger partial charge in [0.1, 0.15) is 5.75 Å². The highest BCUT2D eigenvalue weighted by molar-refractivity contribution is 7.91. The molecule has 0 saturated carbocycles. The lowest BCUT2D eigenvalue weighted by atomic mass is 10.1. The lowest BCUT2D eigenvalue weighted by molar-refractivity contribution is -0.384. The number of nitrogen functional groups attached to an aromatic ring is 1. The Morgan fingerprint density at radius 3 is 2.33 bits per heavy atom. The molecule has 9 nitrogen and oxygen atoms in total. The minimum Gasteiger partial charge on any atom is -0.495 e. The van der Waals surface area contributed by atoms with Crippen LogP contribution in [0.25, 0.3) is 0 Å². The number of nitrogens with zero attached hydrogens (tertiary/aromatic N) is 1. The van der Waals surface area contributed by atoms with Crippen molar-refractivity contribution in [3.05, 3.63) is 82.4 Å². The second-order valence-corrected chi connectivity index (χ2v) is 8.05. The van der Waals surface area contributed by atoms with Gasteiger partial charge in [0.05, 0.1) is 33.1 Å². The van der Waals surface area contributed by atoms with Crippen molar-refractivity contribution < 1.29 is 22.9 Å². The van der Waals surface area contributed by atoms with Crippen LogP contribution in [-0.4, -0.2) is 26.4 Å². The Morgan fingerprint density at radius 2 is 1.70 bits per heavy atom. The summed E-state index contributed by atoms with van der Waals surface area (Å²) in [5.74, 6) is -0.349. The van der Waals surface area contributed by atoms with Crippen LogP contribution in [0.5, 0.6) is 5.75 Å². The summed E-state index contributed by atoms with van der Waals surface area (Å²) in [7, 11) is -2.75. The van der Waals surface area contributed by atoms with E-state index in [2.05, 4.69) is 5.32 Å². The molecule has 1 amide bonds. The molecule has 0 unspecified atom stereocenters. The number of methoxy groups -OCH3 is 1. The molecule has 0 spiro atoms. The van der Waals surface area contributed by atoms with Gasteiger partial charge in [-0.05, 0) is 36.4 Å². The number of sulfone groups is 1. The van der Waals surface area contributed by atoms with E-state index >= 15 is 0 Å². The van der Waals surface area contributed by atoms with Crippen LogP contribution in [0, 0.1) is 10.1 Å². The number of para-hydroxylation sites is 2. The van der Waals surface area contributed by atoms with Crippen molar-refractivity contribution in [3.8, 4) is 5.75 Å². The molecule has 10 heteroatoms. The maximum Gasteiger partial charge on any atom is 0.269 e. The number of non-ortho nitro benzene ring substituents is 1. The Hall–Kier alpha value is -3.92. The van der Waals surface area contributed by atoms with Crippen molar-refractivity contribution >= 4 is 32.8 Å². The molecule has 0 aromatic heterocycles. The SMILES string of the molecule is COc1ccccc1NC(=O)c1c(N)cccc1S(=O)(=O)c1ccc([N+](=O)[O-])cc1. The molecule has 0 atom stereocenters. The van der Waals surface area contributed by atoms with Gasteiger partial charge in [-0.25, -0.2) is 8.42 Å². The topological polar surface area (TPSA) is 142 Å². The fourth-order valence-electron chi connectivity index (χ4n) is 2.82. The van der Waals surface area contributed by atoms with Crippen molar-refractivity contribution in [2.45, 2.75) is 9.79 Å². The summed E-state index contributed by atoms with van der Waals surface area (Å²) in [4.78, 5) is 22.6. The van der Waals surface area contributed by atoms with E-state index in [-0.39, 0.29) is 26.7 Å². The number of nitro benzene ring substituents is 1. The first kappa shape index (κ1) is 20.8. The van der Waals surface area contributed by atoms with Gasteiger partial charge in [0.15, 0.2) is 0 Å². The Labute approximate surface area is 172 Å². The highest BCUT2D eigenvalue weighted by Gasteiger charge is 2.27. The van der Waals surface area contributed by atoms with E-state index in [4.69, 9.17) is 10.5 Å². The minimum absolute atomic E-state index is 0.0367. The van der Waals surface area contributed by atoms with E-state index < -0.39 is 20.7 Å². The van der Waals surface area contributed by atoms with Crippen LogP contribution < -0.4 is 15.8 Å². The number of benzene rings is 3. The number of hydrogen-bond donors (Lipinski definition) is 2. The van der Waals surface area contributed by atoms with Gasteiger partial charge < -0.3 is 15.8 Å². The van der Waals surface area contributed by atoms with Crippen LogP contribution in [0.15, 0.2) is 76.5 Å². The molecule has 3 aromatic carbocycles. The van der Waals surface area contributed by atoms with Crippen LogP contribution >= 0.6 is 0 Å². The van der Waals surface area contributed by atoms with Gasteiger partial charge in [-0.15, -0.1) is 0 Å². The summed E-state index contributed by atoms with van der Waals surface area (Å²) in [5.41, 5.74) is 5.75. The van der Waals surface area contributed by atoms with E-state index in [9.17, 15) is 23.3 Å². The molecular weight excluding hydrogens is 410 g/mol. The highest BCUT2D eigenvalue weighted by Crippen LogP contribution is 2.31. The number of amides is 1. The second-order valence-electron chi connectivity index (χ2n) is 6.13. The normalized spacial score (nSPS) is 11.0. The Morgan fingerprint density at radius 1 is 1.03 bits per heavy atom. The van der Waals surface area contributed by atoms with Crippen LogP contribution in [0.2, 0.25) is 0 Å². The number of nitro groups is 1. The molecule has 0 fully saturated rings. The zero-order valence-corrected chi connectivity index (χ0v) is 16.5. The lowest BCUT2D eigenvalue weighted by Crippen LogP contribution is -2.19. The maximum absolute atomic E-state index is 13.1. The number of nitrogens with two attached hydrogens (primary N) is 1. The van der Waals surface area contributed by atoms with E-state index in [1.54, 1.807) is 24.3 Å². The number of carbonyl (C=O) groups excluding carboxylic acids is 1. The molecule has 0 heterocycles. The van der Waals surface area contributed by atoms with Gasteiger partial charge in [-0.1, -0.05) is 18.2 Å². The summed E-state index contributed by atoms with van der Waals surface area (Å²) in [5, 5.41) is 13.4. The predicted molar refractivity (Wildman–Crippen MR) is 110 cm³/mol. The zero-order chi connectivity index (χ0) is 21.9. The number of ether oxygens (including phenoxy) is 1. The highest BCUT2D eigenvalue weighted by atomic mass is 32.2. The summed E-state index contributed by atoms with van der Waals surface area (Å²) in [6.45, 7) is 0. The van der Waals surface area contributed by atoms with E-state index in [0.29, 0.717) is 11.4 Å². The summed E-state index contributed by atoms with van der Waals surface area (Å²) in [6, 6.07) is 15.1. The third-order valence-electron chi connectivity index (χ3n) is 4.29. The first-order chi connectivity index (χ1) is 14.3. The Bertz CT molecular complexity index is 1220. The average molecular weight is 427 g/mol. The molecule has 3 aromatic rings. The number of carbonyl (C=O) groups is 1. The Balaban J connectivity index is 2.06. The van der Waals surface area contributed by atoms with Crippen LogP contribution in [0.1, 0.15) is 10.4 Å². The van der Waals surface area contributed by atoms with Crippen LogP contribution in [-0.2, 0) is 9.84 Å². The molecule has 0 bridgehead atoms. The van der Waals surface area contributed by atoms with Gasteiger partial charge in [0.2, 0.25) is 9.84 Å². The van der Waals surface area contributed by atoms with E-state index in [1.807, 2.05) is 0 Å². The third-order valence-corrected chi connectivity index (χ3v) is 6.10. The average Bonchev–Trinajstić information content (AvgIpc) is 2.73. The summed E-state index contributed by atoms with van der Waals surface area (Å²) >= 11 is 0. The molecule has 3 N–H and O–H groups in total. The predicted octanol–water partition coefficient (Wildman–Crippen LogP) is 3.27. The number of hydrogen-bond acceptors (Lipinski definition) is 7. The van der Waals surface area contributed by atoms with Gasteiger partial charge in [0.25, 0.3) is 11.6 Å². The van der Waals surface area contributed by atoms with Gasteiger partial charge in [-0.2, -0.15) is 0 Å². The molecule has 0 aliphatic heterocycles. The zero-order valence-electron chi connectivity index (χ0n) is 15.7. The van der Waals surface area contributed by atoms with Crippen molar-refractivity contribution in [1.82, 2.24) is 0 Å². The molecule has 154 valence electrons. The largest absolute Gasteiger partial charge is 0.495 e. The van der Waals surface area contributed by atoms with Gasteiger partial charge >= 0.3 is 0 Å². The minimum atomic E-state index is -4.18. The maximum atomic E-state index is 13.1. The molecular formula is C20H17N3O6S. The first-order valence-corrected chi connectivity index (χ1v) is 10.1. The van der Waals surface area contributed by atoms with Crippen molar-refractivity contribution in [1.29, 1.82) is 0 Å². The molecule has 0 saturated heterocycles. The monoisotopic (exact) mass is 427 g/mol. The van der Waals surface area contributed by atoms with Crippen LogP contribution in [0.4, 0.5) is 17.1 Å². The van der Waals surface area contributed by atoms with E-state index in [1.165, 1.54) is 25.3 Å². The lowest BCUT2D eigenvalue weighted by Gasteiger charge is -2.14. The Kier molecular flexibility index (Phi) is 5.70. The summed E-state index contributed by atoms with van der Waals surface area (Å²) < 4.78 is 31.5. The second kappa shape index (κ2) is 8.21. The van der Waals surface area contributed by atoms with Crippen molar-refractivity contribution in [2.24, 2.45) is 0 Å². The number of nitrogens with one attached hydrogen (secondary N) is 1. The fourth-order valence-corrected chi connectivity index (χ4v) is 4.31. The summed E-state index contributed by atoms with van der Waals surface area (Å²) in [6.07, 6.45) is 0. The fraction of sp³-hybridized carbons (Fsp3) is 0.0500. The smallest absolute Gasteiger partial charge is 0.269 e.